The van der Waals surface area contributed by atoms with Crippen LogP contribution in [0.25, 0.3) is 0 Å². The van der Waals surface area contributed by atoms with Gasteiger partial charge in [-0.3, -0.25) is 19.9 Å². The van der Waals surface area contributed by atoms with E-state index in [0.717, 1.165) is 40.2 Å². The second-order valence-electron chi connectivity index (χ2n) is 16.1. The average Bonchev–Trinajstić information content (AvgIpc) is 4.13. The number of morpholine rings is 1. The minimum atomic E-state index is -4.67. The summed E-state index contributed by atoms with van der Waals surface area (Å²) in [5, 5.41) is 14.6. The molecule has 2 heterocycles. The van der Waals surface area contributed by atoms with Gasteiger partial charge in [0.1, 0.15) is 30.8 Å². The number of hydrogen-bond donors (Lipinski definition) is 2. The first-order valence-electron chi connectivity index (χ1n) is 21.7. The Morgan fingerprint density at radius 1 is 0.970 bits per heavy atom. The molecule has 0 radical (unpaired) electrons. The predicted molar refractivity (Wildman–Crippen MR) is 243 cm³/mol. The van der Waals surface area contributed by atoms with Gasteiger partial charge in [0, 0.05) is 42.7 Å². The Kier molecular flexibility index (Phi) is 18.1. The SMILES string of the molecule is Cc1cnc(NC(=O)Nc2cc(Br)c(C)cc2OC[C@@H]2CN(C(=O)COCCOCCCOc3ccc(CCC(=O)CN(CC4CC4)c4ccc(C#N)c(C(F)(F)F)c4)cc3)CCO2)cn1. The number of carbonyl (C=O) groups excluding carboxylic acids is 3. The van der Waals surface area contributed by atoms with Gasteiger partial charge in [0.2, 0.25) is 5.91 Å². The molecule has 0 bridgehead atoms. The number of ketones is 1. The van der Waals surface area contributed by atoms with Crippen LogP contribution in [0.2, 0.25) is 0 Å². The highest BCUT2D eigenvalue weighted by atomic mass is 79.9. The monoisotopic (exact) mass is 979 g/mol. The molecule has 15 nitrogen and oxygen atoms in total. The molecular formula is C47H53BrF3N7O8. The van der Waals surface area contributed by atoms with E-state index in [1.165, 1.54) is 18.3 Å². The van der Waals surface area contributed by atoms with Crippen LogP contribution in [0.4, 0.5) is 35.2 Å². The molecule has 6 rings (SSSR count). The third-order valence-corrected chi connectivity index (χ3v) is 11.6. The number of benzene rings is 3. The van der Waals surface area contributed by atoms with Gasteiger partial charge in [0.25, 0.3) is 0 Å². The highest BCUT2D eigenvalue weighted by molar-refractivity contribution is 9.10. The van der Waals surface area contributed by atoms with Gasteiger partial charge in [-0.15, -0.1) is 0 Å². The number of halogens is 4. The molecule has 1 saturated heterocycles. The van der Waals surface area contributed by atoms with E-state index in [2.05, 4.69) is 36.5 Å². The summed E-state index contributed by atoms with van der Waals surface area (Å²) in [6.45, 7) is 6.69. The van der Waals surface area contributed by atoms with Crippen LogP contribution >= 0.6 is 15.9 Å². The molecule has 3 aromatic carbocycles. The zero-order valence-corrected chi connectivity index (χ0v) is 38.4. The fourth-order valence-electron chi connectivity index (χ4n) is 6.91. The summed E-state index contributed by atoms with van der Waals surface area (Å²) in [5.41, 5.74) is 1.83. The molecule has 1 atom stereocenters. The van der Waals surface area contributed by atoms with E-state index in [1.807, 2.05) is 31.2 Å². The Morgan fingerprint density at radius 3 is 2.48 bits per heavy atom. The van der Waals surface area contributed by atoms with Crippen LogP contribution in [0.3, 0.4) is 0 Å². The first-order valence-corrected chi connectivity index (χ1v) is 22.5. The van der Waals surface area contributed by atoms with Crippen molar-refractivity contribution in [2.24, 2.45) is 5.92 Å². The van der Waals surface area contributed by atoms with Crippen molar-refractivity contribution in [2.45, 2.75) is 58.2 Å². The lowest BCUT2D eigenvalue weighted by Crippen LogP contribution is -2.48. The van der Waals surface area contributed by atoms with Crippen molar-refractivity contribution >= 4 is 50.8 Å². The van der Waals surface area contributed by atoms with Gasteiger partial charge in [0.05, 0.1) is 80.5 Å². The van der Waals surface area contributed by atoms with E-state index >= 15 is 0 Å². The first kappa shape index (κ1) is 49.6. The number of amides is 3. The van der Waals surface area contributed by atoms with Crippen molar-refractivity contribution in [1.82, 2.24) is 14.9 Å². The van der Waals surface area contributed by atoms with Crippen LogP contribution in [0.1, 0.15) is 53.6 Å². The largest absolute Gasteiger partial charge is 0.494 e. The van der Waals surface area contributed by atoms with Crippen LogP contribution < -0.4 is 25.0 Å². The molecule has 0 unspecified atom stereocenters. The number of rotatable bonds is 23. The summed E-state index contributed by atoms with van der Waals surface area (Å²) in [7, 11) is 0. The van der Waals surface area contributed by atoms with Crippen molar-refractivity contribution in [2.75, 3.05) is 88.0 Å². The van der Waals surface area contributed by atoms with Gasteiger partial charge in [-0.25, -0.2) is 9.78 Å². The third-order valence-electron chi connectivity index (χ3n) is 10.7. The fourth-order valence-corrected chi connectivity index (χ4v) is 7.26. The molecule has 66 heavy (non-hydrogen) atoms. The molecule has 1 aromatic heterocycles. The maximum absolute atomic E-state index is 13.6. The zero-order valence-electron chi connectivity index (χ0n) is 36.8. The van der Waals surface area contributed by atoms with Crippen molar-refractivity contribution in [3.8, 4) is 17.6 Å². The number of anilines is 3. The van der Waals surface area contributed by atoms with Crippen molar-refractivity contribution in [3.05, 3.63) is 99.4 Å². The van der Waals surface area contributed by atoms with E-state index in [4.69, 9.17) is 28.9 Å². The zero-order chi connectivity index (χ0) is 47.1. The molecule has 4 aromatic rings. The summed E-state index contributed by atoms with van der Waals surface area (Å²) >= 11 is 3.50. The first-order chi connectivity index (χ1) is 31.7. The van der Waals surface area contributed by atoms with Gasteiger partial charge in [-0.1, -0.05) is 28.1 Å². The average molecular weight is 981 g/mol. The summed E-state index contributed by atoms with van der Waals surface area (Å²) in [4.78, 5) is 50.3. The minimum absolute atomic E-state index is 0.00785. The lowest BCUT2D eigenvalue weighted by molar-refractivity contribution is -0.145. The van der Waals surface area contributed by atoms with Gasteiger partial charge in [0.15, 0.2) is 11.6 Å². The van der Waals surface area contributed by atoms with Crippen molar-refractivity contribution < 1.29 is 51.2 Å². The molecule has 2 fully saturated rings. The van der Waals surface area contributed by atoms with E-state index in [1.54, 1.807) is 41.1 Å². The fraction of sp³-hybridized carbons (Fsp3) is 0.447. The van der Waals surface area contributed by atoms with E-state index in [-0.39, 0.29) is 50.2 Å². The van der Waals surface area contributed by atoms with E-state index < -0.39 is 29.4 Å². The number of aryl methyl sites for hydroxylation is 3. The number of carbonyl (C=O) groups is 3. The Bertz CT molecular complexity index is 2310. The molecule has 2 aliphatic rings. The number of Topliss-reactive ketones (excluding diaryl/α,β-unsaturated/α-hetero) is 1. The van der Waals surface area contributed by atoms with E-state index in [9.17, 15) is 27.6 Å². The quantitative estimate of drug-likeness (QED) is 0.0688. The second kappa shape index (κ2) is 24.1. The molecule has 0 spiro atoms. The smallest absolute Gasteiger partial charge is 0.417 e. The van der Waals surface area contributed by atoms with E-state index in [0.29, 0.717) is 87.8 Å². The molecule has 3 amide bonds. The van der Waals surface area contributed by atoms with Gasteiger partial charge in [-0.05, 0) is 92.6 Å². The second-order valence-corrected chi connectivity index (χ2v) is 16.9. The minimum Gasteiger partial charge on any atom is -0.494 e. The van der Waals surface area contributed by atoms with Crippen LogP contribution in [0.15, 0.2) is 71.5 Å². The number of nitrogens with one attached hydrogen (secondary N) is 2. The Hall–Kier alpha value is -5.81. The Morgan fingerprint density at radius 2 is 1.76 bits per heavy atom. The Balaban J connectivity index is 0.824. The lowest BCUT2D eigenvalue weighted by atomic mass is 10.0. The molecule has 352 valence electrons. The van der Waals surface area contributed by atoms with Crippen LogP contribution in [0, 0.1) is 31.1 Å². The number of nitriles is 1. The Labute approximate surface area is 390 Å². The molecule has 2 N–H and O–H groups in total. The normalized spacial score (nSPS) is 14.9. The molecule has 1 aliphatic heterocycles. The number of urea groups is 1. The molecule has 1 saturated carbocycles. The standard InChI is InChI=1S/C47H53BrF3N7O8/c1-31-20-43(42(22-41(31)48)55-46(61)56-44-25-53-32(2)24-54-44)66-29-39-28-57(14-17-65-39)45(60)30-63-19-18-62-15-3-16-64-38-12-7-33(8-13-38)6-11-37(59)27-58(26-34-4-5-34)36-10-9-35(23-52)40(21-36)47(49,50)51/h7-10,12-13,20-22,24-25,34,39H,3-6,11,14-19,26-30H2,1-2H3,(H2,54,55,56,61)/t39-/m0/s1. The maximum atomic E-state index is 13.6. The predicted octanol–water partition coefficient (Wildman–Crippen LogP) is 7.92. The van der Waals surface area contributed by atoms with Crippen LogP contribution in [-0.4, -0.2) is 111 Å². The molecular weight excluding hydrogens is 927 g/mol. The van der Waals surface area contributed by atoms with Crippen LogP contribution in [0.5, 0.6) is 11.5 Å². The number of aromatic nitrogens is 2. The summed E-state index contributed by atoms with van der Waals surface area (Å²) in [5.74, 6) is 1.48. The number of nitrogens with zero attached hydrogens (tertiary/aromatic N) is 5. The summed E-state index contributed by atoms with van der Waals surface area (Å²) in [6, 6.07) is 15.7. The maximum Gasteiger partial charge on any atom is 0.417 e. The van der Waals surface area contributed by atoms with Crippen molar-refractivity contribution in [3.63, 3.8) is 0 Å². The highest BCUT2D eigenvalue weighted by Crippen LogP contribution is 2.37. The number of ether oxygens (including phenoxy) is 5. The van der Waals surface area contributed by atoms with Gasteiger partial charge < -0.3 is 38.8 Å². The van der Waals surface area contributed by atoms with Gasteiger partial charge >= 0.3 is 12.2 Å². The highest BCUT2D eigenvalue weighted by Gasteiger charge is 2.35. The lowest BCUT2D eigenvalue weighted by Gasteiger charge is -2.33. The molecule has 19 heteroatoms. The van der Waals surface area contributed by atoms with Gasteiger partial charge in [-0.2, -0.15) is 18.4 Å². The molecule has 1 aliphatic carbocycles. The summed E-state index contributed by atoms with van der Waals surface area (Å²) < 4.78 is 70.7. The van der Waals surface area contributed by atoms with Crippen LogP contribution in [-0.2, 0) is 36.4 Å². The summed E-state index contributed by atoms with van der Waals surface area (Å²) in [6.07, 6.45) is 1.22. The number of hydrogen-bond acceptors (Lipinski definition) is 12. The third kappa shape index (κ3) is 15.7. The number of alkyl halides is 3. The topological polar surface area (TPSA) is 177 Å². The van der Waals surface area contributed by atoms with Crippen molar-refractivity contribution in [1.29, 1.82) is 5.26 Å².